The van der Waals surface area contributed by atoms with E-state index in [0.717, 1.165) is 24.2 Å². The van der Waals surface area contributed by atoms with E-state index in [1.54, 1.807) is 19.1 Å². The van der Waals surface area contributed by atoms with E-state index >= 15 is 0 Å². The number of pyridine rings is 1. The van der Waals surface area contributed by atoms with Gasteiger partial charge in [-0.25, -0.2) is 8.78 Å². The highest BCUT2D eigenvalue weighted by Gasteiger charge is 2.30. The fourth-order valence-corrected chi connectivity index (χ4v) is 6.85. The minimum atomic E-state index is -0.980. The third-order valence-electron chi connectivity index (χ3n) is 7.96. The summed E-state index contributed by atoms with van der Waals surface area (Å²) in [6, 6.07) is 6.93. The molecule has 3 aromatic heterocycles. The third kappa shape index (κ3) is 7.20. The lowest BCUT2D eigenvalue weighted by molar-refractivity contribution is 0.0953. The van der Waals surface area contributed by atoms with Crippen molar-refractivity contribution < 1.29 is 22.8 Å². The van der Waals surface area contributed by atoms with Gasteiger partial charge in [0.2, 0.25) is 11.8 Å². The van der Waals surface area contributed by atoms with E-state index in [4.69, 9.17) is 15.1 Å². The highest BCUT2D eigenvalue weighted by molar-refractivity contribution is 7.17. The summed E-state index contributed by atoms with van der Waals surface area (Å²) in [5, 5.41) is 11.1. The summed E-state index contributed by atoms with van der Waals surface area (Å²) in [5.74, 6) is -1.52. The summed E-state index contributed by atoms with van der Waals surface area (Å²) >= 11 is 1.19. The molecule has 0 atom stereocenters. The second kappa shape index (κ2) is 13.8. The molecule has 2 amide bonds. The zero-order valence-electron chi connectivity index (χ0n) is 25.2. The molecule has 11 heteroatoms. The van der Waals surface area contributed by atoms with Crippen molar-refractivity contribution in [1.29, 1.82) is 0 Å². The Hall–Kier alpha value is -3.99. The molecular weight excluding hydrogens is 584 g/mol. The molecule has 3 heterocycles. The highest BCUT2D eigenvalue weighted by atomic mass is 32.1. The molecule has 0 aliphatic heterocycles. The van der Waals surface area contributed by atoms with E-state index in [-0.39, 0.29) is 23.9 Å². The maximum Gasteiger partial charge on any atom is 0.261 e. The molecule has 1 aromatic carbocycles. The number of rotatable bonds is 11. The van der Waals surface area contributed by atoms with E-state index in [1.165, 1.54) is 49.5 Å². The normalized spacial score (nSPS) is 13.9. The van der Waals surface area contributed by atoms with Gasteiger partial charge in [0.15, 0.2) is 11.6 Å². The number of nitrogens with two attached hydrogens (primary N) is 1. The Morgan fingerprint density at radius 3 is 2.48 bits per heavy atom. The SMILES string of the molecule is Cc1nnc(-c2c(CCC3CCCCC3)nc(CC(C)C)c(C(N)=O)c2-c2ccc(C(=O)NCc3ccc(F)c(F)c3)s2)o1. The van der Waals surface area contributed by atoms with Gasteiger partial charge in [0.25, 0.3) is 11.8 Å². The third-order valence-corrected chi connectivity index (χ3v) is 9.06. The van der Waals surface area contributed by atoms with E-state index in [0.29, 0.717) is 56.8 Å². The average molecular weight is 622 g/mol. The lowest BCUT2D eigenvalue weighted by Crippen LogP contribution is -2.21. The Bertz CT molecular complexity index is 1660. The molecule has 4 aromatic rings. The van der Waals surface area contributed by atoms with Crippen molar-refractivity contribution in [2.75, 3.05) is 0 Å². The predicted octanol–water partition coefficient (Wildman–Crippen LogP) is 7.19. The second-order valence-electron chi connectivity index (χ2n) is 11.9. The van der Waals surface area contributed by atoms with Gasteiger partial charge >= 0.3 is 0 Å². The van der Waals surface area contributed by atoms with Crippen LogP contribution in [0.1, 0.15) is 95.2 Å². The number of nitrogens with one attached hydrogen (secondary N) is 1. The van der Waals surface area contributed by atoms with E-state index in [1.807, 2.05) is 0 Å². The molecule has 1 fully saturated rings. The fraction of sp³-hybridized carbons (Fsp3) is 0.424. The van der Waals surface area contributed by atoms with Crippen LogP contribution in [0, 0.1) is 30.4 Å². The van der Waals surface area contributed by atoms with Crippen LogP contribution in [-0.4, -0.2) is 27.0 Å². The first-order valence-electron chi connectivity index (χ1n) is 15.1. The van der Waals surface area contributed by atoms with E-state index in [9.17, 15) is 18.4 Å². The molecule has 0 bridgehead atoms. The molecule has 8 nitrogen and oxygen atoms in total. The van der Waals surface area contributed by atoms with Crippen molar-refractivity contribution in [3.63, 3.8) is 0 Å². The highest BCUT2D eigenvalue weighted by Crippen LogP contribution is 2.42. The zero-order valence-corrected chi connectivity index (χ0v) is 26.0. The lowest BCUT2D eigenvalue weighted by atomic mass is 9.84. The molecule has 44 heavy (non-hydrogen) atoms. The number of halogens is 2. The monoisotopic (exact) mass is 621 g/mol. The number of benzene rings is 1. The Balaban J connectivity index is 1.57. The van der Waals surface area contributed by atoms with Crippen LogP contribution < -0.4 is 11.1 Å². The van der Waals surface area contributed by atoms with Crippen LogP contribution in [-0.2, 0) is 19.4 Å². The van der Waals surface area contributed by atoms with Crippen molar-refractivity contribution in [3.8, 4) is 21.9 Å². The van der Waals surface area contributed by atoms with Gasteiger partial charge in [0.1, 0.15) is 0 Å². The van der Waals surface area contributed by atoms with Gasteiger partial charge in [-0.2, -0.15) is 0 Å². The maximum absolute atomic E-state index is 13.7. The first-order valence-corrected chi connectivity index (χ1v) is 15.9. The van der Waals surface area contributed by atoms with Crippen molar-refractivity contribution >= 4 is 23.2 Å². The van der Waals surface area contributed by atoms with Gasteiger partial charge in [0, 0.05) is 23.9 Å². The second-order valence-corrected chi connectivity index (χ2v) is 12.9. The molecule has 1 aliphatic rings. The number of hydrogen-bond donors (Lipinski definition) is 2. The number of hydrogen-bond acceptors (Lipinski definition) is 7. The van der Waals surface area contributed by atoms with Crippen molar-refractivity contribution in [3.05, 3.63) is 75.2 Å². The number of amides is 2. The first kappa shape index (κ1) is 31.4. The van der Waals surface area contributed by atoms with Crippen LogP contribution in [0.25, 0.3) is 21.9 Å². The lowest BCUT2D eigenvalue weighted by Gasteiger charge is -2.23. The van der Waals surface area contributed by atoms with Crippen LogP contribution in [0.5, 0.6) is 0 Å². The van der Waals surface area contributed by atoms with Crippen LogP contribution in [0.15, 0.2) is 34.7 Å². The summed E-state index contributed by atoms with van der Waals surface area (Å²) in [6.45, 7) is 5.84. The number of carbonyl (C=O) groups excluding carboxylic acids is 2. The summed E-state index contributed by atoms with van der Waals surface area (Å²) in [5.41, 5.74) is 9.24. The minimum absolute atomic E-state index is 0.0153. The van der Waals surface area contributed by atoms with Crippen LogP contribution in [0.3, 0.4) is 0 Å². The van der Waals surface area contributed by atoms with Crippen LogP contribution in [0.2, 0.25) is 0 Å². The first-order chi connectivity index (χ1) is 21.1. The minimum Gasteiger partial charge on any atom is -0.421 e. The van der Waals surface area contributed by atoms with Gasteiger partial charge in [-0.1, -0.05) is 52.0 Å². The van der Waals surface area contributed by atoms with E-state index in [2.05, 4.69) is 29.4 Å². The molecule has 1 saturated carbocycles. The molecule has 0 unspecified atom stereocenters. The molecule has 232 valence electrons. The molecule has 0 spiro atoms. The summed E-state index contributed by atoms with van der Waals surface area (Å²) in [7, 11) is 0. The van der Waals surface area contributed by atoms with Crippen molar-refractivity contribution in [2.24, 2.45) is 17.6 Å². The van der Waals surface area contributed by atoms with Gasteiger partial charge < -0.3 is 15.5 Å². The smallest absolute Gasteiger partial charge is 0.261 e. The Labute approximate surface area is 259 Å². The number of carbonyl (C=O) groups is 2. The van der Waals surface area contributed by atoms with Gasteiger partial charge in [-0.05, 0) is 60.9 Å². The topological polar surface area (TPSA) is 124 Å². The Morgan fingerprint density at radius 1 is 1.05 bits per heavy atom. The number of aromatic nitrogens is 3. The van der Waals surface area contributed by atoms with Crippen LogP contribution in [0.4, 0.5) is 8.78 Å². The molecular formula is C33H37F2N5O3S. The number of thiophene rings is 1. The van der Waals surface area contributed by atoms with Crippen molar-refractivity contribution in [2.45, 2.75) is 78.7 Å². The summed E-state index contributed by atoms with van der Waals surface area (Å²) in [6.07, 6.45) is 8.27. The quantitative estimate of drug-likeness (QED) is 0.183. The largest absolute Gasteiger partial charge is 0.421 e. The predicted molar refractivity (Wildman–Crippen MR) is 165 cm³/mol. The fourth-order valence-electron chi connectivity index (χ4n) is 5.87. The number of nitrogens with zero attached hydrogens (tertiary/aromatic N) is 3. The maximum atomic E-state index is 13.7. The summed E-state index contributed by atoms with van der Waals surface area (Å²) < 4.78 is 32.9. The molecule has 5 rings (SSSR count). The molecule has 1 aliphatic carbocycles. The molecule has 0 radical (unpaired) electrons. The Kier molecular flexibility index (Phi) is 9.83. The van der Waals surface area contributed by atoms with Gasteiger partial charge in [-0.3, -0.25) is 14.6 Å². The van der Waals surface area contributed by atoms with Gasteiger partial charge in [-0.15, -0.1) is 21.5 Å². The molecule has 3 N–H and O–H groups in total. The number of primary amides is 1. The van der Waals surface area contributed by atoms with Crippen LogP contribution >= 0.6 is 11.3 Å². The van der Waals surface area contributed by atoms with E-state index < -0.39 is 23.4 Å². The summed E-state index contributed by atoms with van der Waals surface area (Å²) in [4.78, 5) is 32.3. The molecule has 0 saturated heterocycles. The van der Waals surface area contributed by atoms with Crippen molar-refractivity contribution in [1.82, 2.24) is 20.5 Å². The standard InChI is InChI=1S/C33H37F2N5O3S/c1-18(2)15-25-28(31(36)41)30(26-13-14-27(44-26)32(42)37-17-21-9-11-22(34)23(35)16-21)29(33-40-39-19(3)43-33)24(38-25)12-10-20-7-5-4-6-8-20/h9,11,13-14,16,18,20H,4-8,10,12,15,17H2,1-3H3,(H2,36,41)(H,37,42). The van der Waals surface area contributed by atoms with Gasteiger partial charge in [0.05, 0.1) is 27.4 Å². The number of aryl methyl sites for hydroxylation is 2. The zero-order chi connectivity index (χ0) is 31.4. The average Bonchev–Trinajstić information content (AvgIpc) is 3.65. The Morgan fingerprint density at radius 2 is 1.82 bits per heavy atom.